The molecule has 0 amide bonds. The molecule has 302 valence electrons. The molecule has 0 saturated carbocycles. The second kappa shape index (κ2) is 20.6. The van der Waals surface area contributed by atoms with Crippen LogP contribution in [0.15, 0.2) is 91.0 Å². The molecule has 3 aliphatic rings. The van der Waals surface area contributed by atoms with Crippen molar-refractivity contribution in [1.29, 1.82) is 0 Å². The first-order chi connectivity index (χ1) is 27.1. The Kier molecular flexibility index (Phi) is 15.1. The lowest BCUT2D eigenvalue weighted by molar-refractivity contribution is -0.274. The number of para-hydroxylation sites is 1. The van der Waals surface area contributed by atoms with Crippen LogP contribution in [-0.4, -0.2) is 75.4 Å². The van der Waals surface area contributed by atoms with Crippen molar-refractivity contribution < 1.29 is 45.6 Å². The van der Waals surface area contributed by atoms with Crippen molar-refractivity contribution >= 4 is 0 Å². The van der Waals surface area contributed by atoms with Crippen molar-refractivity contribution in [3.63, 3.8) is 0 Å². The van der Waals surface area contributed by atoms with Crippen molar-refractivity contribution in [3.8, 4) is 28.7 Å². The van der Waals surface area contributed by atoms with E-state index in [1.165, 1.54) is 48.7 Å². The van der Waals surface area contributed by atoms with Crippen LogP contribution in [0, 0.1) is 23.5 Å². The summed E-state index contributed by atoms with van der Waals surface area (Å²) in [5, 5.41) is 0. The number of hydrogen-bond acceptors (Lipinski definition) is 7. The Hall–Kier alpha value is -4.55. The molecule has 0 aromatic heterocycles. The van der Waals surface area contributed by atoms with Gasteiger partial charge < -0.3 is 33.5 Å². The molecule has 7 rings (SSSR count). The fourth-order valence-corrected chi connectivity index (χ4v) is 7.30. The number of fused-ring (bicyclic) bond motifs is 1. The monoisotopic (exact) mass is 782 g/mol. The van der Waals surface area contributed by atoms with Gasteiger partial charge in [0.2, 0.25) is 6.79 Å². The van der Waals surface area contributed by atoms with Crippen LogP contribution in [0.3, 0.4) is 0 Å². The summed E-state index contributed by atoms with van der Waals surface area (Å²) in [6.45, 7) is 7.76. The number of piperidine rings is 2. The van der Waals surface area contributed by atoms with Gasteiger partial charge in [-0.3, -0.25) is 0 Å². The van der Waals surface area contributed by atoms with Gasteiger partial charge in [-0.1, -0.05) is 30.3 Å². The molecule has 4 aromatic carbocycles. The first-order valence-electron chi connectivity index (χ1n) is 19.6. The molecule has 0 aliphatic carbocycles. The fourth-order valence-electron chi connectivity index (χ4n) is 7.30. The highest BCUT2D eigenvalue weighted by Crippen LogP contribution is 2.33. The molecule has 2 fully saturated rings. The first-order valence-corrected chi connectivity index (χ1v) is 19.6. The quantitative estimate of drug-likeness (QED) is 0.111. The standard InChI is InChI=1S/C22H25F4NO2.C22H26FNO3/c23-20-3-1-2-4-21(20)28-16-12-18-10-14-27(15-11-18)13-9-17-5-7-19(8-6-17)29-22(24,25)26;23-19-2-4-20(5-3-19)25-14-10-17-7-11-24(12-8-17)13-9-18-1-6-21-22(15-18)27-16-26-21/h1-8,18H,9-16H2;1-6,15,17H,7-14,16H2. The van der Waals surface area contributed by atoms with Crippen LogP contribution in [0.1, 0.15) is 49.7 Å². The number of halogens is 5. The van der Waals surface area contributed by atoms with Crippen LogP contribution in [0.4, 0.5) is 22.0 Å². The summed E-state index contributed by atoms with van der Waals surface area (Å²) in [4.78, 5) is 4.91. The lowest BCUT2D eigenvalue weighted by Gasteiger charge is -2.32. The molecule has 3 heterocycles. The predicted octanol–water partition coefficient (Wildman–Crippen LogP) is 9.73. The molecule has 0 spiro atoms. The Morgan fingerprint density at radius 2 is 1.16 bits per heavy atom. The maximum absolute atomic E-state index is 13.5. The van der Waals surface area contributed by atoms with Crippen LogP contribution in [0.2, 0.25) is 0 Å². The van der Waals surface area contributed by atoms with Crippen molar-refractivity contribution in [3.05, 3.63) is 114 Å². The summed E-state index contributed by atoms with van der Waals surface area (Å²) < 4.78 is 89.0. The normalized spacial score (nSPS) is 16.6. The molecule has 7 nitrogen and oxygen atoms in total. The molecule has 12 heteroatoms. The predicted molar refractivity (Wildman–Crippen MR) is 204 cm³/mol. The minimum absolute atomic E-state index is 0.195. The Balaban J connectivity index is 0.000000190. The van der Waals surface area contributed by atoms with Gasteiger partial charge in [-0.25, -0.2) is 8.78 Å². The van der Waals surface area contributed by atoms with E-state index in [0.29, 0.717) is 37.6 Å². The number of alkyl halides is 3. The summed E-state index contributed by atoms with van der Waals surface area (Å²) >= 11 is 0. The number of likely N-dealkylation sites (tertiary alicyclic amines) is 2. The molecule has 56 heavy (non-hydrogen) atoms. The number of hydrogen-bond donors (Lipinski definition) is 0. The van der Waals surface area contributed by atoms with E-state index in [1.54, 1.807) is 42.5 Å². The lowest BCUT2D eigenvalue weighted by Crippen LogP contribution is -2.35. The van der Waals surface area contributed by atoms with Gasteiger partial charge in [0.1, 0.15) is 17.3 Å². The smallest absolute Gasteiger partial charge is 0.494 e. The van der Waals surface area contributed by atoms with E-state index in [-0.39, 0.29) is 17.4 Å². The third-order valence-corrected chi connectivity index (χ3v) is 10.7. The van der Waals surface area contributed by atoms with E-state index in [2.05, 4.69) is 26.7 Å². The Labute approximate surface area is 326 Å². The minimum Gasteiger partial charge on any atom is -0.494 e. The largest absolute Gasteiger partial charge is 0.573 e. The first kappa shape index (κ1) is 41.1. The van der Waals surface area contributed by atoms with E-state index in [4.69, 9.17) is 18.9 Å². The zero-order chi connectivity index (χ0) is 39.2. The summed E-state index contributed by atoms with van der Waals surface area (Å²) in [6, 6.07) is 25.0. The van der Waals surface area contributed by atoms with E-state index >= 15 is 0 Å². The van der Waals surface area contributed by atoms with E-state index < -0.39 is 6.36 Å². The van der Waals surface area contributed by atoms with Crippen LogP contribution in [-0.2, 0) is 12.8 Å². The van der Waals surface area contributed by atoms with Crippen LogP contribution in [0.5, 0.6) is 28.7 Å². The third-order valence-electron chi connectivity index (χ3n) is 10.7. The van der Waals surface area contributed by atoms with Gasteiger partial charge >= 0.3 is 6.36 Å². The highest BCUT2D eigenvalue weighted by atomic mass is 19.4. The Morgan fingerprint density at radius 3 is 1.79 bits per heavy atom. The van der Waals surface area contributed by atoms with Gasteiger partial charge in [0, 0.05) is 13.1 Å². The molecule has 0 bridgehead atoms. The van der Waals surface area contributed by atoms with Gasteiger partial charge in [-0.2, -0.15) is 0 Å². The van der Waals surface area contributed by atoms with E-state index in [1.807, 2.05) is 6.07 Å². The highest BCUT2D eigenvalue weighted by molar-refractivity contribution is 5.44. The molecule has 4 aromatic rings. The molecule has 0 atom stereocenters. The van der Waals surface area contributed by atoms with Crippen molar-refractivity contribution in [2.75, 3.05) is 59.3 Å². The van der Waals surface area contributed by atoms with Crippen molar-refractivity contribution in [2.24, 2.45) is 11.8 Å². The number of rotatable bonds is 15. The van der Waals surface area contributed by atoms with E-state index in [9.17, 15) is 22.0 Å². The number of ether oxygens (including phenoxy) is 5. The molecule has 0 radical (unpaired) electrons. The van der Waals surface area contributed by atoms with Crippen LogP contribution in [0.25, 0.3) is 0 Å². The van der Waals surface area contributed by atoms with Crippen LogP contribution < -0.4 is 23.7 Å². The third kappa shape index (κ3) is 13.6. The average molecular weight is 783 g/mol. The molecule has 2 saturated heterocycles. The number of benzene rings is 4. The maximum atomic E-state index is 13.5. The van der Waals surface area contributed by atoms with Gasteiger partial charge in [-0.05, 0) is 161 Å². The average Bonchev–Trinajstić information content (AvgIpc) is 3.67. The van der Waals surface area contributed by atoms with Crippen molar-refractivity contribution in [2.45, 2.75) is 57.7 Å². The Bertz CT molecular complexity index is 1760. The SMILES string of the molecule is Fc1ccc(OCCC2CCN(CCc3ccc4c(c3)OCO4)CC2)cc1.Fc1ccccc1OCCC1CCN(CCc2ccc(OC(F)(F)F)cc2)CC1. The fraction of sp³-hybridized carbons (Fsp3) is 0.455. The summed E-state index contributed by atoms with van der Waals surface area (Å²) in [6.07, 6.45) is 3.70. The van der Waals surface area contributed by atoms with Crippen molar-refractivity contribution in [1.82, 2.24) is 9.80 Å². The zero-order valence-electron chi connectivity index (χ0n) is 31.7. The molecule has 0 N–H and O–H groups in total. The number of nitrogens with zero attached hydrogens (tertiary/aromatic N) is 2. The summed E-state index contributed by atoms with van der Waals surface area (Å²) in [5.41, 5.74) is 2.29. The highest BCUT2D eigenvalue weighted by Gasteiger charge is 2.31. The van der Waals surface area contributed by atoms with Crippen LogP contribution >= 0.6 is 0 Å². The van der Waals surface area contributed by atoms with E-state index in [0.717, 1.165) is 101 Å². The zero-order valence-corrected chi connectivity index (χ0v) is 31.7. The van der Waals surface area contributed by atoms with Gasteiger partial charge in [0.05, 0.1) is 13.2 Å². The Morgan fingerprint density at radius 1 is 0.607 bits per heavy atom. The molecular weight excluding hydrogens is 731 g/mol. The minimum atomic E-state index is -4.66. The summed E-state index contributed by atoms with van der Waals surface area (Å²) in [7, 11) is 0. The molecule has 0 unspecified atom stereocenters. The lowest BCUT2D eigenvalue weighted by atomic mass is 9.93. The topological polar surface area (TPSA) is 52.6 Å². The summed E-state index contributed by atoms with van der Waals surface area (Å²) in [5.74, 6) is 3.29. The van der Waals surface area contributed by atoms with Gasteiger partial charge in [0.15, 0.2) is 23.1 Å². The molecular formula is C44H51F5N2O5. The molecule has 3 aliphatic heterocycles. The second-order valence-corrected chi connectivity index (χ2v) is 14.6. The second-order valence-electron chi connectivity index (χ2n) is 14.6. The van der Waals surface area contributed by atoms with Gasteiger partial charge in [0.25, 0.3) is 0 Å². The maximum Gasteiger partial charge on any atom is 0.573 e. The van der Waals surface area contributed by atoms with Gasteiger partial charge in [-0.15, -0.1) is 13.2 Å².